The molecule has 1 aliphatic rings. The molecule has 3 N–H and O–H groups in total. The topological polar surface area (TPSA) is 55.1 Å². The fourth-order valence-electron chi connectivity index (χ4n) is 1.65. The first-order chi connectivity index (χ1) is 7.33. The Labute approximate surface area is 97.4 Å². The number of nitrogens with two attached hydrogens (primary N) is 1. The Hall–Kier alpha value is -0.520. The van der Waals surface area contributed by atoms with Crippen LogP contribution in [0.2, 0.25) is 0 Å². The van der Waals surface area contributed by atoms with Crippen molar-refractivity contribution < 1.29 is 4.79 Å². The van der Waals surface area contributed by atoms with Gasteiger partial charge in [-0.25, -0.2) is 0 Å². The number of rotatable bonds is 3. The number of nitrogens with one attached hydrogen (secondary N) is 1. The van der Waals surface area contributed by atoms with Crippen LogP contribution in [0.5, 0.6) is 0 Å². The molecule has 15 heavy (non-hydrogen) atoms. The highest BCUT2D eigenvalue weighted by atomic mass is 32.2. The van der Waals surface area contributed by atoms with Crippen LogP contribution in [-0.2, 0) is 11.2 Å². The third kappa shape index (κ3) is 2.35. The number of thioether (sulfide) groups is 1. The lowest BCUT2D eigenvalue weighted by molar-refractivity contribution is -0.120. The zero-order valence-electron chi connectivity index (χ0n) is 8.36. The summed E-state index contributed by atoms with van der Waals surface area (Å²) in [5.74, 6) is 1.14. The van der Waals surface area contributed by atoms with Crippen LogP contribution >= 0.6 is 23.1 Å². The first-order valence-electron chi connectivity index (χ1n) is 4.98. The predicted octanol–water partition coefficient (Wildman–Crippen LogP) is 1.15. The van der Waals surface area contributed by atoms with Crippen molar-refractivity contribution in [1.82, 2.24) is 5.32 Å². The monoisotopic (exact) mass is 242 g/mol. The number of hydrogen-bond donors (Lipinski definition) is 2. The molecular formula is C10H14N2OS2. The summed E-state index contributed by atoms with van der Waals surface area (Å²) in [4.78, 5) is 13.2. The Bertz CT molecular complexity index is 351. The van der Waals surface area contributed by atoms with Gasteiger partial charge >= 0.3 is 0 Å². The zero-order valence-corrected chi connectivity index (χ0v) is 10.00. The Morgan fingerprint density at radius 3 is 3.33 bits per heavy atom. The Morgan fingerprint density at radius 1 is 1.67 bits per heavy atom. The van der Waals surface area contributed by atoms with Gasteiger partial charge in [0.15, 0.2) is 0 Å². The molecule has 1 aromatic rings. The molecular weight excluding hydrogens is 228 g/mol. The average Bonchev–Trinajstić information content (AvgIpc) is 2.73. The van der Waals surface area contributed by atoms with E-state index < -0.39 is 0 Å². The van der Waals surface area contributed by atoms with Crippen molar-refractivity contribution in [3.8, 4) is 0 Å². The van der Waals surface area contributed by atoms with E-state index in [0.29, 0.717) is 13.1 Å². The molecule has 2 rings (SSSR count). The van der Waals surface area contributed by atoms with Crippen LogP contribution in [0.3, 0.4) is 0 Å². The molecule has 0 fully saturated rings. The lowest BCUT2D eigenvalue weighted by Gasteiger charge is -2.21. The summed E-state index contributed by atoms with van der Waals surface area (Å²) in [5, 5.41) is 4.90. The van der Waals surface area contributed by atoms with Gasteiger partial charge in [-0.15, -0.1) is 23.1 Å². The van der Waals surface area contributed by atoms with Crippen molar-refractivity contribution in [2.75, 3.05) is 18.8 Å². The quantitative estimate of drug-likeness (QED) is 0.836. The number of thiophene rings is 1. The molecule has 5 heteroatoms. The van der Waals surface area contributed by atoms with Gasteiger partial charge in [0.25, 0.3) is 0 Å². The first kappa shape index (κ1) is 11.0. The average molecular weight is 242 g/mol. The predicted molar refractivity (Wildman–Crippen MR) is 65.3 cm³/mol. The van der Waals surface area contributed by atoms with E-state index in [4.69, 9.17) is 5.73 Å². The maximum absolute atomic E-state index is 11.8. The summed E-state index contributed by atoms with van der Waals surface area (Å²) >= 11 is 3.48. The van der Waals surface area contributed by atoms with Crippen LogP contribution in [0.1, 0.15) is 15.7 Å². The van der Waals surface area contributed by atoms with Crippen LogP contribution in [0.25, 0.3) is 0 Å². The summed E-state index contributed by atoms with van der Waals surface area (Å²) in [6.07, 6.45) is 1.10. The number of amides is 1. The van der Waals surface area contributed by atoms with Gasteiger partial charge in [-0.3, -0.25) is 4.79 Å². The van der Waals surface area contributed by atoms with Crippen LogP contribution in [0.15, 0.2) is 11.4 Å². The third-order valence-electron chi connectivity index (χ3n) is 2.36. The molecule has 0 bridgehead atoms. The second-order valence-corrected chi connectivity index (χ2v) is 5.59. The van der Waals surface area contributed by atoms with Crippen molar-refractivity contribution in [3.63, 3.8) is 0 Å². The summed E-state index contributed by atoms with van der Waals surface area (Å²) in [7, 11) is 0. The van der Waals surface area contributed by atoms with Crippen molar-refractivity contribution >= 4 is 29.0 Å². The zero-order chi connectivity index (χ0) is 10.7. The maximum atomic E-state index is 11.8. The highest BCUT2D eigenvalue weighted by Crippen LogP contribution is 2.39. The molecule has 2 heterocycles. The molecule has 0 aliphatic carbocycles. The first-order valence-corrected chi connectivity index (χ1v) is 6.91. The number of carbonyl (C=O) groups excluding carboxylic acids is 1. The number of hydrogen-bond acceptors (Lipinski definition) is 4. The number of aryl methyl sites for hydroxylation is 1. The third-order valence-corrected chi connectivity index (χ3v) is 4.60. The summed E-state index contributed by atoms with van der Waals surface area (Å²) < 4.78 is 0. The molecule has 1 amide bonds. The van der Waals surface area contributed by atoms with Gasteiger partial charge in [0.1, 0.15) is 5.25 Å². The molecule has 3 nitrogen and oxygen atoms in total. The second-order valence-electron chi connectivity index (χ2n) is 3.38. The normalized spacial score (nSPS) is 19.7. The van der Waals surface area contributed by atoms with Crippen molar-refractivity contribution in [2.24, 2.45) is 5.73 Å². The van der Waals surface area contributed by atoms with Crippen molar-refractivity contribution in [1.29, 1.82) is 0 Å². The fraction of sp³-hybridized carbons (Fsp3) is 0.500. The Kier molecular flexibility index (Phi) is 3.66. The van der Waals surface area contributed by atoms with Gasteiger partial charge in [0.2, 0.25) is 5.91 Å². The summed E-state index contributed by atoms with van der Waals surface area (Å²) in [6.45, 7) is 1.06. The SMILES string of the molecule is NCCNC(=O)C1SCCc2sccc21. The van der Waals surface area contributed by atoms with E-state index in [1.165, 1.54) is 10.4 Å². The second kappa shape index (κ2) is 5.01. The van der Waals surface area contributed by atoms with Gasteiger partial charge in [-0.1, -0.05) is 0 Å². The molecule has 82 valence electrons. The number of carbonyl (C=O) groups is 1. The Morgan fingerprint density at radius 2 is 2.53 bits per heavy atom. The van der Waals surface area contributed by atoms with E-state index in [-0.39, 0.29) is 11.2 Å². The lowest BCUT2D eigenvalue weighted by Crippen LogP contribution is -2.33. The largest absolute Gasteiger partial charge is 0.354 e. The van der Waals surface area contributed by atoms with Crippen LogP contribution in [0.4, 0.5) is 0 Å². The minimum Gasteiger partial charge on any atom is -0.354 e. The van der Waals surface area contributed by atoms with Gasteiger partial charge in [-0.2, -0.15) is 0 Å². The molecule has 1 aliphatic heterocycles. The van der Waals surface area contributed by atoms with E-state index in [1.807, 2.05) is 0 Å². The highest BCUT2D eigenvalue weighted by molar-refractivity contribution is 8.00. The smallest absolute Gasteiger partial charge is 0.237 e. The molecule has 1 unspecified atom stereocenters. The standard InChI is InChI=1S/C10H14N2OS2/c11-3-4-12-10(13)9-7-1-5-14-8(7)2-6-15-9/h1,5,9H,2-4,6,11H2,(H,12,13). The molecule has 1 aromatic heterocycles. The molecule has 0 aromatic carbocycles. The summed E-state index contributed by atoms with van der Waals surface area (Å²) in [5.41, 5.74) is 6.56. The fourth-order valence-corrected chi connectivity index (χ4v) is 3.97. The molecule has 0 saturated heterocycles. The Balaban J connectivity index is 2.08. The van der Waals surface area contributed by atoms with Crippen molar-refractivity contribution in [2.45, 2.75) is 11.7 Å². The van der Waals surface area contributed by atoms with Gasteiger partial charge < -0.3 is 11.1 Å². The van der Waals surface area contributed by atoms with Gasteiger partial charge in [0, 0.05) is 18.0 Å². The molecule has 0 radical (unpaired) electrons. The van der Waals surface area contributed by atoms with Crippen LogP contribution < -0.4 is 11.1 Å². The molecule has 0 saturated carbocycles. The van der Waals surface area contributed by atoms with E-state index in [1.54, 1.807) is 23.1 Å². The van der Waals surface area contributed by atoms with Gasteiger partial charge in [-0.05, 0) is 29.2 Å². The van der Waals surface area contributed by atoms with Gasteiger partial charge in [0.05, 0.1) is 0 Å². The van der Waals surface area contributed by atoms with E-state index in [2.05, 4.69) is 16.8 Å². The van der Waals surface area contributed by atoms with E-state index in [9.17, 15) is 4.79 Å². The minimum absolute atomic E-state index is 0.0217. The summed E-state index contributed by atoms with van der Waals surface area (Å²) in [6, 6.07) is 2.07. The molecule has 0 spiro atoms. The van der Waals surface area contributed by atoms with Crippen LogP contribution in [-0.4, -0.2) is 24.7 Å². The maximum Gasteiger partial charge on any atom is 0.237 e. The van der Waals surface area contributed by atoms with E-state index in [0.717, 1.165) is 12.2 Å². The van der Waals surface area contributed by atoms with E-state index >= 15 is 0 Å². The molecule has 1 atom stereocenters. The lowest BCUT2D eigenvalue weighted by atomic mass is 10.1. The van der Waals surface area contributed by atoms with Crippen LogP contribution in [0, 0.1) is 0 Å². The highest BCUT2D eigenvalue weighted by Gasteiger charge is 2.27. The number of fused-ring (bicyclic) bond motifs is 1. The van der Waals surface area contributed by atoms with Crippen molar-refractivity contribution in [3.05, 3.63) is 21.9 Å². The minimum atomic E-state index is -0.0217.